The summed E-state index contributed by atoms with van der Waals surface area (Å²) in [6.45, 7) is 0. The van der Waals surface area contributed by atoms with Crippen LogP contribution in [0.5, 0.6) is 11.5 Å². The van der Waals surface area contributed by atoms with Gasteiger partial charge in [0.25, 0.3) is 0 Å². The van der Waals surface area contributed by atoms with Gasteiger partial charge >= 0.3 is 0 Å². The zero-order valence-electron chi connectivity index (χ0n) is 11.6. The lowest BCUT2D eigenvalue weighted by Crippen LogP contribution is -2.00. The van der Waals surface area contributed by atoms with Crippen LogP contribution in [-0.4, -0.2) is 20.2 Å². The first-order valence-corrected chi connectivity index (χ1v) is 6.64. The molecular formula is C16H14N4O2. The highest BCUT2D eigenvalue weighted by molar-refractivity contribution is 5.60. The molecule has 22 heavy (non-hydrogen) atoms. The number of phenols is 2. The van der Waals surface area contributed by atoms with E-state index in [9.17, 15) is 10.2 Å². The molecule has 0 bridgehead atoms. The molecule has 110 valence electrons. The van der Waals surface area contributed by atoms with Gasteiger partial charge in [-0.1, -0.05) is 0 Å². The van der Waals surface area contributed by atoms with Crippen LogP contribution in [0.2, 0.25) is 0 Å². The monoisotopic (exact) mass is 294 g/mol. The fourth-order valence-electron chi connectivity index (χ4n) is 1.86. The minimum atomic E-state index is 0.203. The summed E-state index contributed by atoms with van der Waals surface area (Å²) < 4.78 is 0. The van der Waals surface area contributed by atoms with Crippen LogP contribution in [0.3, 0.4) is 0 Å². The highest BCUT2D eigenvalue weighted by Gasteiger charge is 2.01. The average Bonchev–Trinajstić information content (AvgIpc) is 2.52. The molecule has 0 spiro atoms. The molecule has 0 saturated carbocycles. The summed E-state index contributed by atoms with van der Waals surface area (Å²) in [5.41, 5.74) is 1.59. The summed E-state index contributed by atoms with van der Waals surface area (Å²) in [5.74, 6) is 1.48. The maximum Gasteiger partial charge on any atom is 0.229 e. The first-order chi connectivity index (χ1) is 10.7. The van der Waals surface area contributed by atoms with E-state index in [1.807, 2.05) is 0 Å². The molecule has 0 saturated heterocycles. The van der Waals surface area contributed by atoms with E-state index in [2.05, 4.69) is 20.6 Å². The molecule has 0 radical (unpaired) electrons. The average molecular weight is 294 g/mol. The van der Waals surface area contributed by atoms with E-state index in [1.54, 1.807) is 60.8 Å². The Labute approximate surface area is 127 Å². The van der Waals surface area contributed by atoms with E-state index in [-0.39, 0.29) is 11.5 Å². The summed E-state index contributed by atoms with van der Waals surface area (Å²) in [7, 11) is 0. The van der Waals surface area contributed by atoms with Crippen molar-refractivity contribution in [3.05, 3.63) is 60.8 Å². The number of nitrogens with one attached hydrogen (secondary N) is 2. The SMILES string of the molecule is Oc1ccc(Nc2ccnc(Nc3ccc(O)cc3)n2)cc1. The number of aromatic hydroxyl groups is 2. The molecular weight excluding hydrogens is 280 g/mol. The fourth-order valence-corrected chi connectivity index (χ4v) is 1.86. The Balaban J connectivity index is 1.74. The third-order valence-corrected chi connectivity index (χ3v) is 2.92. The van der Waals surface area contributed by atoms with Crippen LogP contribution in [0.4, 0.5) is 23.1 Å². The molecule has 0 amide bonds. The second-order valence-electron chi connectivity index (χ2n) is 4.61. The van der Waals surface area contributed by atoms with Crippen molar-refractivity contribution in [2.75, 3.05) is 10.6 Å². The van der Waals surface area contributed by atoms with Crippen molar-refractivity contribution in [1.29, 1.82) is 0 Å². The van der Waals surface area contributed by atoms with Gasteiger partial charge in [-0.15, -0.1) is 0 Å². The molecule has 3 rings (SSSR count). The van der Waals surface area contributed by atoms with Gasteiger partial charge in [-0.2, -0.15) is 4.98 Å². The van der Waals surface area contributed by atoms with Gasteiger partial charge in [-0.05, 0) is 54.6 Å². The van der Waals surface area contributed by atoms with E-state index >= 15 is 0 Å². The largest absolute Gasteiger partial charge is 0.508 e. The normalized spacial score (nSPS) is 10.2. The molecule has 2 aromatic carbocycles. The Bertz CT molecular complexity index is 695. The van der Waals surface area contributed by atoms with Crippen molar-refractivity contribution in [1.82, 2.24) is 9.97 Å². The smallest absolute Gasteiger partial charge is 0.229 e. The first kappa shape index (κ1) is 13.7. The second-order valence-corrected chi connectivity index (χ2v) is 4.61. The van der Waals surface area contributed by atoms with Gasteiger partial charge in [-0.3, -0.25) is 0 Å². The number of hydrogen-bond donors (Lipinski definition) is 4. The number of anilines is 4. The Morgan fingerprint density at radius 3 is 1.82 bits per heavy atom. The van der Waals surface area contributed by atoms with E-state index in [1.165, 1.54) is 0 Å². The Morgan fingerprint density at radius 2 is 1.23 bits per heavy atom. The minimum Gasteiger partial charge on any atom is -0.508 e. The Hall–Kier alpha value is -3.28. The van der Waals surface area contributed by atoms with Crippen molar-refractivity contribution in [3.63, 3.8) is 0 Å². The van der Waals surface area contributed by atoms with Crippen LogP contribution in [0.1, 0.15) is 0 Å². The van der Waals surface area contributed by atoms with Crippen LogP contribution in [0.25, 0.3) is 0 Å². The minimum absolute atomic E-state index is 0.203. The van der Waals surface area contributed by atoms with Crippen LogP contribution >= 0.6 is 0 Å². The van der Waals surface area contributed by atoms with Gasteiger partial charge in [0.2, 0.25) is 5.95 Å². The molecule has 0 aliphatic heterocycles. The van der Waals surface area contributed by atoms with Crippen molar-refractivity contribution in [3.8, 4) is 11.5 Å². The molecule has 6 heteroatoms. The van der Waals surface area contributed by atoms with Gasteiger partial charge in [-0.25, -0.2) is 4.98 Å². The summed E-state index contributed by atoms with van der Waals surface area (Å²) >= 11 is 0. The quantitative estimate of drug-likeness (QED) is 0.552. The highest BCUT2D eigenvalue weighted by atomic mass is 16.3. The lowest BCUT2D eigenvalue weighted by Gasteiger charge is -2.08. The third-order valence-electron chi connectivity index (χ3n) is 2.92. The van der Waals surface area contributed by atoms with Crippen LogP contribution in [0.15, 0.2) is 60.8 Å². The topological polar surface area (TPSA) is 90.3 Å². The predicted octanol–water partition coefficient (Wildman–Crippen LogP) is 3.38. The van der Waals surface area contributed by atoms with Gasteiger partial charge in [0.15, 0.2) is 0 Å². The summed E-state index contributed by atoms with van der Waals surface area (Å²) in [6.07, 6.45) is 1.64. The number of nitrogens with zero attached hydrogens (tertiary/aromatic N) is 2. The molecule has 6 nitrogen and oxygen atoms in total. The van der Waals surface area contributed by atoms with Gasteiger partial charge < -0.3 is 20.8 Å². The van der Waals surface area contributed by atoms with E-state index in [0.717, 1.165) is 11.4 Å². The molecule has 1 heterocycles. The number of phenolic OH excluding ortho intramolecular Hbond substituents is 2. The Morgan fingerprint density at radius 1 is 0.682 bits per heavy atom. The first-order valence-electron chi connectivity index (χ1n) is 6.64. The highest BCUT2D eigenvalue weighted by Crippen LogP contribution is 2.20. The second kappa shape index (κ2) is 6.01. The molecule has 3 aromatic rings. The zero-order chi connectivity index (χ0) is 15.4. The molecule has 0 aliphatic carbocycles. The maximum absolute atomic E-state index is 9.27. The summed E-state index contributed by atoms with van der Waals surface area (Å²) in [4.78, 5) is 8.50. The Kier molecular flexibility index (Phi) is 3.74. The van der Waals surface area contributed by atoms with Gasteiger partial charge in [0.05, 0.1) is 0 Å². The summed E-state index contributed by atoms with van der Waals surface area (Å²) in [5, 5.41) is 24.7. The van der Waals surface area contributed by atoms with Gasteiger partial charge in [0.1, 0.15) is 17.3 Å². The van der Waals surface area contributed by atoms with Gasteiger partial charge in [0, 0.05) is 17.6 Å². The summed E-state index contributed by atoms with van der Waals surface area (Å²) in [6, 6.07) is 15.1. The standard InChI is InChI=1S/C16H14N4O2/c21-13-5-1-11(2-6-13)18-15-9-10-17-16(20-15)19-12-3-7-14(22)8-4-12/h1-10,21-22H,(H2,17,18,19,20). The van der Waals surface area contributed by atoms with Crippen molar-refractivity contribution in [2.24, 2.45) is 0 Å². The van der Waals surface area contributed by atoms with Crippen molar-refractivity contribution < 1.29 is 10.2 Å². The molecule has 4 N–H and O–H groups in total. The lowest BCUT2D eigenvalue weighted by atomic mass is 10.3. The fraction of sp³-hybridized carbons (Fsp3) is 0. The maximum atomic E-state index is 9.27. The molecule has 1 aromatic heterocycles. The number of benzene rings is 2. The number of aromatic nitrogens is 2. The molecule has 0 atom stereocenters. The molecule has 0 fully saturated rings. The predicted molar refractivity (Wildman–Crippen MR) is 84.8 cm³/mol. The molecule has 0 aliphatic rings. The zero-order valence-corrected chi connectivity index (χ0v) is 11.6. The van der Waals surface area contributed by atoms with Crippen molar-refractivity contribution in [2.45, 2.75) is 0 Å². The van der Waals surface area contributed by atoms with Crippen molar-refractivity contribution >= 4 is 23.1 Å². The third kappa shape index (κ3) is 3.43. The number of rotatable bonds is 4. The van der Waals surface area contributed by atoms with E-state index < -0.39 is 0 Å². The molecule has 0 unspecified atom stereocenters. The van der Waals surface area contributed by atoms with E-state index in [4.69, 9.17) is 0 Å². The van der Waals surface area contributed by atoms with Crippen LogP contribution in [0, 0.1) is 0 Å². The number of hydrogen-bond acceptors (Lipinski definition) is 6. The van der Waals surface area contributed by atoms with E-state index in [0.29, 0.717) is 11.8 Å². The van der Waals surface area contributed by atoms with Crippen LogP contribution in [-0.2, 0) is 0 Å². The van der Waals surface area contributed by atoms with Crippen LogP contribution < -0.4 is 10.6 Å². The lowest BCUT2D eigenvalue weighted by molar-refractivity contribution is 0.475.